The Hall–Kier alpha value is -1.26. The van der Waals surface area contributed by atoms with Crippen LogP contribution >= 0.6 is 0 Å². The van der Waals surface area contributed by atoms with Gasteiger partial charge in [0.2, 0.25) is 0 Å². The van der Waals surface area contributed by atoms with Crippen molar-refractivity contribution in [3.63, 3.8) is 0 Å². The quantitative estimate of drug-likeness (QED) is 0.880. The molecule has 1 aromatic rings. The Bertz CT molecular complexity index is 403. The zero-order chi connectivity index (χ0) is 13.7. The molecule has 1 aromatic carbocycles. The first-order valence-electron chi connectivity index (χ1n) is 6.86. The van der Waals surface area contributed by atoms with E-state index in [4.69, 9.17) is 9.47 Å². The normalized spacial score (nSPS) is 19.5. The third-order valence-corrected chi connectivity index (χ3v) is 3.77. The van der Waals surface area contributed by atoms with Crippen LogP contribution in [-0.2, 0) is 6.54 Å². The van der Waals surface area contributed by atoms with Crippen molar-refractivity contribution < 1.29 is 9.47 Å². The summed E-state index contributed by atoms with van der Waals surface area (Å²) < 4.78 is 10.6. The first-order valence-corrected chi connectivity index (χ1v) is 6.86. The maximum absolute atomic E-state index is 5.35. The molecule has 106 valence electrons. The second-order valence-electron chi connectivity index (χ2n) is 5.10. The number of nitrogens with one attached hydrogen (secondary N) is 1. The molecule has 1 saturated heterocycles. The van der Waals surface area contributed by atoms with Crippen LogP contribution in [0.25, 0.3) is 0 Å². The van der Waals surface area contributed by atoms with Crippen molar-refractivity contribution in [3.05, 3.63) is 23.8 Å². The van der Waals surface area contributed by atoms with E-state index in [1.54, 1.807) is 14.2 Å². The predicted molar refractivity (Wildman–Crippen MR) is 76.9 cm³/mol. The van der Waals surface area contributed by atoms with Crippen LogP contribution in [0.3, 0.4) is 0 Å². The summed E-state index contributed by atoms with van der Waals surface area (Å²) in [4.78, 5) is 2.41. The van der Waals surface area contributed by atoms with Gasteiger partial charge < -0.3 is 14.8 Å². The van der Waals surface area contributed by atoms with Crippen molar-refractivity contribution in [1.29, 1.82) is 0 Å². The average Bonchev–Trinajstić information content (AvgIpc) is 2.48. The minimum atomic E-state index is 0.627. The van der Waals surface area contributed by atoms with Gasteiger partial charge in [0.25, 0.3) is 0 Å². The number of rotatable bonds is 5. The van der Waals surface area contributed by atoms with E-state index in [9.17, 15) is 0 Å². The number of methoxy groups -OCH3 is 2. The predicted octanol–water partition coefficient (Wildman–Crippen LogP) is 1.89. The molecule has 2 rings (SSSR count). The van der Waals surface area contributed by atoms with E-state index in [-0.39, 0.29) is 0 Å². The maximum Gasteiger partial charge on any atom is 0.161 e. The number of piperidine rings is 1. The van der Waals surface area contributed by atoms with Crippen LogP contribution in [0.1, 0.15) is 18.4 Å². The summed E-state index contributed by atoms with van der Waals surface area (Å²) in [5.74, 6) is 1.59. The van der Waals surface area contributed by atoms with Gasteiger partial charge in [-0.3, -0.25) is 4.90 Å². The van der Waals surface area contributed by atoms with Crippen molar-refractivity contribution in [1.82, 2.24) is 10.2 Å². The molecule has 0 saturated carbocycles. The fourth-order valence-electron chi connectivity index (χ4n) is 2.61. The third kappa shape index (κ3) is 3.61. The highest BCUT2D eigenvalue weighted by atomic mass is 16.5. The Morgan fingerprint density at radius 2 is 2.05 bits per heavy atom. The number of likely N-dealkylation sites (N-methyl/N-ethyl adjacent to an activating group) is 1. The molecule has 1 aliphatic heterocycles. The molecule has 1 aliphatic rings. The van der Waals surface area contributed by atoms with Gasteiger partial charge in [-0.25, -0.2) is 0 Å². The fraction of sp³-hybridized carbons (Fsp3) is 0.600. The Morgan fingerprint density at radius 1 is 1.26 bits per heavy atom. The third-order valence-electron chi connectivity index (χ3n) is 3.77. The number of nitrogens with zero attached hydrogens (tertiary/aromatic N) is 1. The summed E-state index contributed by atoms with van der Waals surface area (Å²) in [6.07, 6.45) is 2.54. The summed E-state index contributed by atoms with van der Waals surface area (Å²) in [6, 6.07) is 6.77. The first-order chi connectivity index (χ1) is 9.24. The van der Waals surface area contributed by atoms with E-state index in [1.165, 1.54) is 18.4 Å². The van der Waals surface area contributed by atoms with Gasteiger partial charge in [0.15, 0.2) is 11.5 Å². The van der Waals surface area contributed by atoms with Gasteiger partial charge in [0.1, 0.15) is 0 Å². The highest BCUT2D eigenvalue weighted by Crippen LogP contribution is 2.28. The van der Waals surface area contributed by atoms with Crippen LogP contribution in [0.15, 0.2) is 18.2 Å². The van der Waals surface area contributed by atoms with Gasteiger partial charge >= 0.3 is 0 Å². The standard InChI is InChI=1S/C15H24N2O2/c1-17(13-5-4-8-16-10-13)11-12-6-7-14(18-2)15(9-12)19-3/h6-7,9,13,16H,4-5,8,10-11H2,1-3H3. The number of benzene rings is 1. The fourth-order valence-corrected chi connectivity index (χ4v) is 2.61. The topological polar surface area (TPSA) is 33.7 Å². The van der Waals surface area contributed by atoms with E-state index in [0.717, 1.165) is 31.1 Å². The van der Waals surface area contributed by atoms with Gasteiger partial charge in [-0.2, -0.15) is 0 Å². The lowest BCUT2D eigenvalue weighted by molar-refractivity contribution is 0.195. The molecule has 0 aliphatic carbocycles. The van der Waals surface area contributed by atoms with Crippen LogP contribution in [-0.4, -0.2) is 45.3 Å². The first kappa shape index (κ1) is 14.2. The molecule has 4 heteroatoms. The van der Waals surface area contributed by atoms with Crippen molar-refractivity contribution in [2.75, 3.05) is 34.4 Å². The zero-order valence-corrected chi connectivity index (χ0v) is 12.1. The molecule has 0 amide bonds. The second-order valence-corrected chi connectivity index (χ2v) is 5.10. The average molecular weight is 264 g/mol. The monoisotopic (exact) mass is 264 g/mol. The molecule has 0 radical (unpaired) electrons. The van der Waals surface area contributed by atoms with E-state index in [0.29, 0.717) is 6.04 Å². The second kappa shape index (κ2) is 6.78. The molecular weight excluding hydrogens is 240 g/mol. The van der Waals surface area contributed by atoms with Crippen LogP contribution in [0.2, 0.25) is 0 Å². The van der Waals surface area contributed by atoms with E-state index >= 15 is 0 Å². The van der Waals surface area contributed by atoms with Crippen LogP contribution in [0.4, 0.5) is 0 Å². The van der Waals surface area contributed by atoms with Gasteiger partial charge in [-0.1, -0.05) is 6.07 Å². The van der Waals surface area contributed by atoms with Crippen LogP contribution in [0.5, 0.6) is 11.5 Å². The Morgan fingerprint density at radius 3 is 2.68 bits per heavy atom. The van der Waals surface area contributed by atoms with Crippen molar-refractivity contribution in [3.8, 4) is 11.5 Å². The lowest BCUT2D eigenvalue weighted by Gasteiger charge is -2.31. The van der Waals surface area contributed by atoms with E-state index in [2.05, 4.69) is 29.4 Å². The molecule has 1 unspecified atom stereocenters. The van der Waals surface area contributed by atoms with Crippen LogP contribution < -0.4 is 14.8 Å². The molecule has 1 fully saturated rings. The molecule has 0 aromatic heterocycles. The number of hydrogen-bond acceptors (Lipinski definition) is 4. The van der Waals surface area contributed by atoms with Gasteiger partial charge in [-0.15, -0.1) is 0 Å². The largest absolute Gasteiger partial charge is 0.493 e. The molecule has 0 bridgehead atoms. The summed E-state index contributed by atoms with van der Waals surface area (Å²) in [7, 11) is 5.53. The molecule has 1 atom stereocenters. The molecule has 0 spiro atoms. The van der Waals surface area contributed by atoms with Gasteiger partial charge in [0, 0.05) is 19.1 Å². The minimum Gasteiger partial charge on any atom is -0.493 e. The smallest absolute Gasteiger partial charge is 0.161 e. The summed E-state index contributed by atoms with van der Waals surface area (Å²) in [6.45, 7) is 3.18. The Kier molecular flexibility index (Phi) is 5.05. The summed E-state index contributed by atoms with van der Waals surface area (Å²) in [5, 5.41) is 3.46. The summed E-state index contributed by atoms with van der Waals surface area (Å²) >= 11 is 0. The summed E-state index contributed by atoms with van der Waals surface area (Å²) in [5.41, 5.74) is 1.26. The SMILES string of the molecule is COc1ccc(CN(C)C2CCCNC2)cc1OC. The molecule has 1 N–H and O–H groups in total. The number of hydrogen-bond donors (Lipinski definition) is 1. The Balaban J connectivity index is 2.01. The molecule has 19 heavy (non-hydrogen) atoms. The highest BCUT2D eigenvalue weighted by Gasteiger charge is 2.18. The lowest BCUT2D eigenvalue weighted by atomic mass is 10.1. The van der Waals surface area contributed by atoms with Crippen molar-refractivity contribution in [2.24, 2.45) is 0 Å². The lowest BCUT2D eigenvalue weighted by Crippen LogP contribution is -2.43. The van der Waals surface area contributed by atoms with Gasteiger partial charge in [-0.05, 0) is 44.1 Å². The van der Waals surface area contributed by atoms with Gasteiger partial charge in [0.05, 0.1) is 14.2 Å². The molecule has 4 nitrogen and oxygen atoms in total. The van der Waals surface area contributed by atoms with Crippen molar-refractivity contribution in [2.45, 2.75) is 25.4 Å². The molecular formula is C15H24N2O2. The van der Waals surface area contributed by atoms with E-state index < -0.39 is 0 Å². The molecule has 1 heterocycles. The minimum absolute atomic E-state index is 0.627. The van der Waals surface area contributed by atoms with Crippen LogP contribution in [0, 0.1) is 0 Å². The van der Waals surface area contributed by atoms with Crippen molar-refractivity contribution >= 4 is 0 Å². The van der Waals surface area contributed by atoms with E-state index in [1.807, 2.05) is 6.07 Å². The zero-order valence-electron chi connectivity index (χ0n) is 12.1. The number of ether oxygens (including phenoxy) is 2. The maximum atomic E-state index is 5.35. The highest BCUT2D eigenvalue weighted by molar-refractivity contribution is 5.42. The Labute approximate surface area is 115 Å².